The highest BCUT2D eigenvalue weighted by Crippen LogP contribution is 2.48. The fourth-order valence-corrected chi connectivity index (χ4v) is 2.43. The Labute approximate surface area is 78.7 Å². The average Bonchev–Trinajstić information content (AvgIpc) is 2.56. The molecular weight excluding hydrogens is 162 g/mol. The molecule has 3 N–H and O–H groups in total. The molecule has 3 nitrogen and oxygen atoms in total. The second-order valence-electron chi connectivity index (χ2n) is 4.68. The van der Waals surface area contributed by atoms with Crippen molar-refractivity contribution in [3.63, 3.8) is 0 Å². The number of hydrogen-bond acceptors (Lipinski definition) is 2. The molecule has 0 aliphatic heterocycles. The second kappa shape index (κ2) is 2.76. The summed E-state index contributed by atoms with van der Waals surface area (Å²) in [4.78, 5) is 0. The van der Waals surface area contributed by atoms with Gasteiger partial charge in [0.1, 0.15) is 5.82 Å². The summed E-state index contributed by atoms with van der Waals surface area (Å²) in [6.07, 6.45) is 3.88. The van der Waals surface area contributed by atoms with E-state index in [1.165, 1.54) is 25.0 Å². The zero-order valence-electron chi connectivity index (χ0n) is 8.30. The van der Waals surface area contributed by atoms with Crippen LogP contribution >= 0.6 is 0 Å². The van der Waals surface area contributed by atoms with Crippen LogP contribution in [0.2, 0.25) is 0 Å². The molecule has 1 fully saturated rings. The molecule has 0 aromatic carbocycles. The number of nitrogens with one attached hydrogen (secondary N) is 1. The van der Waals surface area contributed by atoms with Crippen molar-refractivity contribution in [2.24, 2.45) is 5.41 Å². The number of nitrogens with two attached hydrogens (primary N) is 1. The molecule has 13 heavy (non-hydrogen) atoms. The molecule has 1 atom stereocenters. The van der Waals surface area contributed by atoms with Gasteiger partial charge in [0.15, 0.2) is 0 Å². The lowest BCUT2D eigenvalue weighted by Gasteiger charge is -2.25. The van der Waals surface area contributed by atoms with Crippen LogP contribution in [0.5, 0.6) is 0 Å². The second-order valence-corrected chi connectivity index (χ2v) is 4.68. The van der Waals surface area contributed by atoms with E-state index in [0.29, 0.717) is 17.2 Å². The first-order valence-electron chi connectivity index (χ1n) is 4.90. The minimum absolute atomic E-state index is 0.402. The lowest BCUT2D eigenvalue weighted by molar-refractivity contribution is 0.327. The molecule has 0 saturated heterocycles. The van der Waals surface area contributed by atoms with E-state index >= 15 is 0 Å². The van der Waals surface area contributed by atoms with E-state index in [-0.39, 0.29) is 0 Å². The van der Waals surface area contributed by atoms with E-state index in [9.17, 15) is 0 Å². The van der Waals surface area contributed by atoms with Gasteiger partial charge in [-0.2, -0.15) is 5.10 Å². The third-order valence-corrected chi connectivity index (χ3v) is 3.25. The molecule has 0 amide bonds. The Bertz CT molecular complexity index is 301. The number of nitrogens with zero attached hydrogens (tertiary/aromatic N) is 1. The Hall–Kier alpha value is -0.990. The zero-order valence-corrected chi connectivity index (χ0v) is 8.30. The average molecular weight is 179 g/mol. The van der Waals surface area contributed by atoms with Gasteiger partial charge in [0.05, 0.1) is 0 Å². The molecule has 0 spiro atoms. The summed E-state index contributed by atoms with van der Waals surface area (Å²) in [7, 11) is 0. The molecule has 72 valence electrons. The summed E-state index contributed by atoms with van der Waals surface area (Å²) in [5.74, 6) is 1.22. The summed E-state index contributed by atoms with van der Waals surface area (Å²) in [6.45, 7) is 4.64. The van der Waals surface area contributed by atoms with Crippen LogP contribution in [0.15, 0.2) is 6.07 Å². The van der Waals surface area contributed by atoms with Gasteiger partial charge in [0.25, 0.3) is 0 Å². The Morgan fingerprint density at radius 1 is 1.62 bits per heavy atom. The van der Waals surface area contributed by atoms with Gasteiger partial charge < -0.3 is 5.73 Å². The van der Waals surface area contributed by atoms with E-state index in [0.717, 1.165) is 0 Å². The summed E-state index contributed by atoms with van der Waals surface area (Å²) in [5, 5.41) is 7.01. The molecule has 2 rings (SSSR count). The van der Waals surface area contributed by atoms with Gasteiger partial charge in [-0.15, -0.1) is 0 Å². The minimum Gasteiger partial charge on any atom is -0.382 e. The van der Waals surface area contributed by atoms with Crippen LogP contribution in [0.1, 0.15) is 44.7 Å². The standard InChI is InChI=1S/C10H17N3/c1-10(2)5-3-4-7(10)8-6-9(11)13-12-8/h6-7H,3-5H2,1-2H3,(H3,11,12,13). The molecule has 1 saturated carbocycles. The van der Waals surface area contributed by atoms with Crippen LogP contribution in [0.3, 0.4) is 0 Å². The van der Waals surface area contributed by atoms with Gasteiger partial charge in [-0.1, -0.05) is 20.3 Å². The smallest absolute Gasteiger partial charge is 0.145 e. The molecule has 1 aliphatic rings. The van der Waals surface area contributed by atoms with Gasteiger partial charge >= 0.3 is 0 Å². The van der Waals surface area contributed by atoms with Crippen molar-refractivity contribution in [3.8, 4) is 0 Å². The van der Waals surface area contributed by atoms with Crippen molar-refractivity contribution in [1.29, 1.82) is 0 Å². The van der Waals surface area contributed by atoms with Gasteiger partial charge in [-0.05, 0) is 18.3 Å². The van der Waals surface area contributed by atoms with Crippen LogP contribution < -0.4 is 5.73 Å². The third-order valence-electron chi connectivity index (χ3n) is 3.25. The van der Waals surface area contributed by atoms with Crippen LogP contribution in [-0.4, -0.2) is 10.2 Å². The molecule has 3 heteroatoms. The lowest BCUT2D eigenvalue weighted by atomic mass is 9.80. The predicted octanol–water partition coefficient (Wildman–Crippen LogP) is 2.29. The number of H-pyrrole nitrogens is 1. The third kappa shape index (κ3) is 1.43. The van der Waals surface area contributed by atoms with Crippen molar-refractivity contribution >= 4 is 5.82 Å². The SMILES string of the molecule is CC1(C)CCCC1c1cc(N)n[nH]1. The normalized spacial score (nSPS) is 26.5. The Morgan fingerprint density at radius 3 is 2.85 bits per heavy atom. The highest BCUT2D eigenvalue weighted by molar-refractivity contribution is 5.31. The molecule has 0 radical (unpaired) electrons. The quantitative estimate of drug-likeness (QED) is 0.695. The number of rotatable bonds is 1. The van der Waals surface area contributed by atoms with Crippen LogP contribution in [0.25, 0.3) is 0 Å². The Morgan fingerprint density at radius 2 is 2.38 bits per heavy atom. The first-order valence-corrected chi connectivity index (χ1v) is 4.90. The maximum absolute atomic E-state index is 5.59. The Balaban J connectivity index is 2.26. The first kappa shape index (κ1) is 8.60. The fraction of sp³-hybridized carbons (Fsp3) is 0.700. The van der Waals surface area contributed by atoms with E-state index in [4.69, 9.17) is 5.73 Å². The van der Waals surface area contributed by atoms with Gasteiger partial charge in [-0.25, -0.2) is 0 Å². The fourth-order valence-electron chi connectivity index (χ4n) is 2.43. The summed E-state index contributed by atoms with van der Waals surface area (Å²) >= 11 is 0. The largest absolute Gasteiger partial charge is 0.382 e. The number of hydrogen-bond donors (Lipinski definition) is 2. The lowest BCUT2D eigenvalue weighted by Crippen LogP contribution is -2.15. The molecule has 1 heterocycles. The maximum Gasteiger partial charge on any atom is 0.145 e. The highest BCUT2D eigenvalue weighted by atomic mass is 15.2. The highest BCUT2D eigenvalue weighted by Gasteiger charge is 2.36. The zero-order chi connectivity index (χ0) is 9.47. The van der Waals surface area contributed by atoms with Crippen LogP contribution in [-0.2, 0) is 0 Å². The minimum atomic E-state index is 0.402. The predicted molar refractivity (Wildman–Crippen MR) is 53.4 cm³/mol. The number of aromatic nitrogens is 2. The van der Waals surface area contributed by atoms with Crippen molar-refractivity contribution in [2.75, 3.05) is 5.73 Å². The number of aromatic amines is 1. The van der Waals surface area contributed by atoms with Crippen molar-refractivity contribution in [2.45, 2.75) is 39.0 Å². The topological polar surface area (TPSA) is 54.7 Å². The Kier molecular flexibility index (Phi) is 1.82. The van der Waals surface area contributed by atoms with E-state index < -0.39 is 0 Å². The first-order chi connectivity index (χ1) is 6.09. The van der Waals surface area contributed by atoms with Crippen molar-refractivity contribution in [1.82, 2.24) is 10.2 Å². The van der Waals surface area contributed by atoms with Crippen LogP contribution in [0.4, 0.5) is 5.82 Å². The number of nitrogen functional groups attached to an aromatic ring is 1. The van der Waals surface area contributed by atoms with Gasteiger partial charge in [0.2, 0.25) is 0 Å². The van der Waals surface area contributed by atoms with Crippen molar-refractivity contribution < 1.29 is 0 Å². The van der Waals surface area contributed by atoms with Crippen LogP contribution in [0, 0.1) is 5.41 Å². The molecule has 1 aromatic heterocycles. The summed E-state index contributed by atoms with van der Waals surface area (Å²) < 4.78 is 0. The monoisotopic (exact) mass is 179 g/mol. The molecule has 1 unspecified atom stereocenters. The maximum atomic E-state index is 5.59. The number of anilines is 1. The summed E-state index contributed by atoms with van der Waals surface area (Å²) in [6, 6.07) is 1.97. The molecule has 1 aliphatic carbocycles. The summed E-state index contributed by atoms with van der Waals surface area (Å²) in [5.41, 5.74) is 7.20. The van der Waals surface area contributed by atoms with Gasteiger partial charge in [-0.3, -0.25) is 5.10 Å². The van der Waals surface area contributed by atoms with Gasteiger partial charge in [0, 0.05) is 17.7 Å². The van der Waals surface area contributed by atoms with E-state index in [1.807, 2.05) is 6.07 Å². The molecule has 0 bridgehead atoms. The van der Waals surface area contributed by atoms with E-state index in [1.54, 1.807) is 0 Å². The molecular formula is C10H17N3. The molecule has 1 aromatic rings. The van der Waals surface area contributed by atoms with Crippen molar-refractivity contribution in [3.05, 3.63) is 11.8 Å². The van der Waals surface area contributed by atoms with E-state index in [2.05, 4.69) is 24.0 Å².